The molecule has 1 aromatic carbocycles. The first-order valence-corrected chi connectivity index (χ1v) is 6.99. The Morgan fingerprint density at radius 1 is 1.11 bits per heavy atom. The molecule has 0 radical (unpaired) electrons. The summed E-state index contributed by atoms with van der Waals surface area (Å²) in [5.41, 5.74) is 5.38. The van der Waals surface area contributed by atoms with Crippen LogP contribution in [0.2, 0.25) is 0 Å². The molecule has 18 heavy (non-hydrogen) atoms. The average molecular weight is 306 g/mol. The molecule has 0 saturated carbocycles. The Kier molecular flexibility index (Phi) is 3.71. The van der Waals surface area contributed by atoms with E-state index in [2.05, 4.69) is 48.0 Å². The van der Waals surface area contributed by atoms with Gasteiger partial charge in [-0.15, -0.1) is 0 Å². The van der Waals surface area contributed by atoms with Crippen molar-refractivity contribution in [2.75, 3.05) is 0 Å². The highest BCUT2D eigenvalue weighted by molar-refractivity contribution is 9.08. The van der Waals surface area contributed by atoms with Crippen molar-refractivity contribution < 1.29 is 0 Å². The van der Waals surface area contributed by atoms with Crippen molar-refractivity contribution in [2.45, 2.75) is 19.2 Å². The Balaban J connectivity index is 2.61. The van der Waals surface area contributed by atoms with Gasteiger partial charge >= 0.3 is 0 Å². The highest BCUT2D eigenvalue weighted by Gasteiger charge is 2.07. The summed E-state index contributed by atoms with van der Waals surface area (Å²) in [6.07, 6.45) is 0. The van der Waals surface area contributed by atoms with Gasteiger partial charge in [0.05, 0.1) is 5.69 Å². The minimum atomic E-state index is 0.0580. The Labute approximate surface area is 115 Å². The molecule has 0 aliphatic rings. The molecule has 0 bridgehead atoms. The van der Waals surface area contributed by atoms with Crippen molar-refractivity contribution in [2.24, 2.45) is 7.05 Å². The van der Waals surface area contributed by atoms with Crippen LogP contribution in [-0.4, -0.2) is 4.57 Å². The maximum Gasteiger partial charge on any atom is 0.254 e. The number of nitrogens with zero attached hydrogens (tertiary/aromatic N) is 1. The van der Waals surface area contributed by atoms with E-state index in [9.17, 15) is 4.79 Å². The number of halogens is 1. The second-order valence-corrected chi connectivity index (χ2v) is 5.10. The Bertz CT molecular complexity index is 643. The molecule has 3 heteroatoms. The van der Waals surface area contributed by atoms with Gasteiger partial charge in [0.2, 0.25) is 0 Å². The number of rotatable bonds is 2. The van der Waals surface area contributed by atoms with Crippen molar-refractivity contribution in [3.8, 4) is 11.3 Å². The molecule has 0 aliphatic heterocycles. The Hall–Kier alpha value is -1.35. The largest absolute Gasteiger partial charge is 0.311 e. The van der Waals surface area contributed by atoms with Gasteiger partial charge in [-0.1, -0.05) is 34.1 Å². The van der Waals surface area contributed by atoms with Crippen LogP contribution in [0.3, 0.4) is 0 Å². The van der Waals surface area contributed by atoms with E-state index in [0.717, 1.165) is 16.8 Å². The molecular formula is C15H16BrNO. The molecule has 1 heterocycles. The van der Waals surface area contributed by atoms with E-state index in [1.54, 1.807) is 4.57 Å². The molecule has 2 nitrogen and oxygen atoms in total. The number of aryl methyl sites for hydroxylation is 2. The predicted molar refractivity (Wildman–Crippen MR) is 79.2 cm³/mol. The molecule has 2 aromatic rings. The quantitative estimate of drug-likeness (QED) is 0.778. The maximum atomic E-state index is 12.1. The van der Waals surface area contributed by atoms with Crippen LogP contribution in [0, 0.1) is 13.8 Å². The standard InChI is InChI=1S/C15H16BrNO/c1-10-4-5-12(8-11(10)2)14-7-6-13(9-16)15(18)17(14)3/h4-8H,9H2,1-3H3. The normalized spacial score (nSPS) is 10.7. The summed E-state index contributed by atoms with van der Waals surface area (Å²) in [4.78, 5) is 12.1. The Morgan fingerprint density at radius 2 is 1.83 bits per heavy atom. The molecule has 2 rings (SSSR count). The first kappa shape index (κ1) is 13.1. The maximum absolute atomic E-state index is 12.1. The van der Waals surface area contributed by atoms with Gasteiger partial charge in [-0.05, 0) is 42.7 Å². The van der Waals surface area contributed by atoms with Crippen molar-refractivity contribution in [1.29, 1.82) is 0 Å². The lowest BCUT2D eigenvalue weighted by Crippen LogP contribution is -2.21. The van der Waals surface area contributed by atoms with Gasteiger partial charge in [0.15, 0.2) is 0 Å². The summed E-state index contributed by atoms with van der Waals surface area (Å²) in [5.74, 6) is 0. The zero-order valence-corrected chi connectivity index (χ0v) is 12.4. The lowest BCUT2D eigenvalue weighted by Gasteiger charge is -2.11. The van der Waals surface area contributed by atoms with Crippen LogP contribution in [0.5, 0.6) is 0 Å². The summed E-state index contributed by atoms with van der Waals surface area (Å²) in [6, 6.07) is 10.2. The molecule has 0 unspecified atom stereocenters. The molecule has 0 aliphatic carbocycles. The van der Waals surface area contributed by atoms with Crippen LogP contribution >= 0.6 is 15.9 Å². The summed E-state index contributed by atoms with van der Waals surface area (Å²) >= 11 is 3.33. The minimum Gasteiger partial charge on any atom is -0.311 e. The zero-order chi connectivity index (χ0) is 13.3. The van der Waals surface area contributed by atoms with Crippen molar-refractivity contribution in [3.63, 3.8) is 0 Å². The third-order valence-corrected chi connectivity index (χ3v) is 3.93. The van der Waals surface area contributed by atoms with E-state index in [1.165, 1.54) is 11.1 Å². The van der Waals surface area contributed by atoms with Gasteiger partial charge in [-0.3, -0.25) is 4.79 Å². The van der Waals surface area contributed by atoms with Crippen LogP contribution in [0.15, 0.2) is 35.1 Å². The van der Waals surface area contributed by atoms with Crippen LogP contribution in [0.4, 0.5) is 0 Å². The number of alkyl halides is 1. The second kappa shape index (κ2) is 5.11. The number of hydrogen-bond acceptors (Lipinski definition) is 1. The molecule has 94 valence electrons. The highest BCUT2D eigenvalue weighted by atomic mass is 79.9. The van der Waals surface area contributed by atoms with Gasteiger partial charge in [0.1, 0.15) is 0 Å². The molecule has 0 N–H and O–H groups in total. The summed E-state index contributed by atoms with van der Waals surface area (Å²) in [6.45, 7) is 4.18. The third kappa shape index (κ3) is 2.27. The monoisotopic (exact) mass is 305 g/mol. The first-order valence-electron chi connectivity index (χ1n) is 5.87. The van der Waals surface area contributed by atoms with Gasteiger partial charge in [0.25, 0.3) is 5.56 Å². The second-order valence-electron chi connectivity index (χ2n) is 4.54. The lowest BCUT2D eigenvalue weighted by molar-refractivity contribution is 0.857. The fraction of sp³-hybridized carbons (Fsp3) is 0.267. The minimum absolute atomic E-state index is 0.0580. The number of pyridine rings is 1. The fourth-order valence-electron chi connectivity index (χ4n) is 1.98. The number of benzene rings is 1. The fourth-order valence-corrected chi connectivity index (χ4v) is 2.41. The topological polar surface area (TPSA) is 22.0 Å². The van der Waals surface area contributed by atoms with E-state index < -0.39 is 0 Å². The first-order chi connectivity index (χ1) is 8.54. The van der Waals surface area contributed by atoms with E-state index in [-0.39, 0.29) is 5.56 Å². The van der Waals surface area contributed by atoms with Crippen molar-refractivity contribution in [1.82, 2.24) is 4.57 Å². The molecule has 0 fully saturated rings. The number of hydrogen-bond donors (Lipinski definition) is 0. The van der Waals surface area contributed by atoms with Crippen LogP contribution in [0.25, 0.3) is 11.3 Å². The van der Waals surface area contributed by atoms with Crippen molar-refractivity contribution >= 4 is 15.9 Å². The lowest BCUT2D eigenvalue weighted by atomic mass is 10.0. The van der Waals surface area contributed by atoms with E-state index in [1.807, 2.05) is 19.2 Å². The van der Waals surface area contributed by atoms with Gasteiger partial charge in [-0.25, -0.2) is 0 Å². The van der Waals surface area contributed by atoms with E-state index >= 15 is 0 Å². The van der Waals surface area contributed by atoms with Gasteiger partial charge in [-0.2, -0.15) is 0 Å². The molecule has 0 saturated heterocycles. The van der Waals surface area contributed by atoms with Crippen molar-refractivity contribution in [3.05, 3.63) is 57.4 Å². The molecule has 1 aromatic heterocycles. The SMILES string of the molecule is Cc1ccc(-c2ccc(CBr)c(=O)n2C)cc1C. The predicted octanol–water partition coefficient (Wildman–Crippen LogP) is 3.56. The Morgan fingerprint density at radius 3 is 2.44 bits per heavy atom. The smallest absolute Gasteiger partial charge is 0.254 e. The van der Waals surface area contributed by atoms with E-state index in [0.29, 0.717) is 5.33 Å². The summed E-state index contributed by atoms with van der Waals surface area (Å²) in [5, 5.41) is 0.590. The zero-order valence-electron chi connectivity index (χ0n) is 10.8. The third-order valence-electron chi connectivity index (χ3n) is 3.33. The molecule has 0 spiro atoms. The summed E-state index contributed by atoms with van der Waals surface area (Å²) in [7, 11) is 1.82. The van der Waals surface area contributed by atoms with Crippen LogP contribution < -0.4 is 5.56 Å². The van der Waals surface area contributed by atoms with E-state index in [4.69, 9.17) is 0 Å². The van der Waals surface area contributed by atoms with Crippen LogP contribution in [0.1, 0.15) is 16.7 Å². The molecular weight excluding hydrogens is 290 g/mol. The highest BCUT2D eigenvalue weighted by Crippen LogP contribution is 2.21. The molecule has 0 atom stereocenters. The summed E-state index contributed by atoms with van der Waals surface area (Å²) < 4.78 is 1.71. The van der Waals surface area contributed by atoms with Gasteiger partial charge < -0.3 is 4.57 Å². The van der Waals surface area contributed by atoms with Crippen LogP contribution in [-0.2, 0) is 12.4 Å². The number of aromatic nitrogens is 1. The average Bonchev–Trinajstić information content (AvgIpc) is 2.36. The molecule has 0 amide bonds. The van der Waals surface area contributed by atoms with Gasteiger partial charge in [0, 0.05) is 17.9 Å².